The van der Waals surface area contributed by atoms with Gasteiger partial charge in [0, 0.05) is 31.4 Å². The van der Waals surface area contributed by atoms with Gasteiger partial charge in [-0.05, 0) is 48.2 Å². The zero-order chi connectivity index (χ0) is 29.4. The predicted octanol–water partition coefficient (Wildman–Crippen LogP) is 5.81. The number of nitrogens with zero attached hydrogens (tertiary/aromatic N) is 2. The molecule has 3 aromatic rings. The van der Waals surface area contributed by atoms with E-state index in [2.05, 4.69) is 108 Å². The Balaban J connectivity index is 1.43. The molecule has 0 bridgehead atoms. The molecular formula is C34H39N3O3S2. The Bertz CT molecular complexity index is 1220. The maximum Gasteiger partial charge on any atom is 0.410 e. The van der Waals surface area contributed by atoms with Gasteiger partial charge in [-0.25, -0.2) is 4.79 Å². The molecule has 2 aliphatic heterocycles. The van der Waals surface area contributed by atoms with Crippen LogP contribution in [-0.2, 0) is 9.48 Å². The zero-order valence-electron chi connectivity index (χ0n) is 23.8. The van der Waals surface area contributed by atoms with Crippen molar-refractivity contribution in [1.29, 1.82) is 0 Å². The van der Waals surface area contributed by atoms with Crippen LogP contribution in [0.2, 0.25) is 0 Å². The SMILES string of the molecule is C=CCOC(=O)N1C[C@@H](SC(c2ccccc2)(c2ccccc2)c2ccccc2)C[C@H]1CNC(=S)N1CCC(O)CC1. The minimum Gasteiger partial charge on any atom is -0.445 e. The first kappa shape index (κ1) is 30.1. The fraction of sp³-hybridized carbons (Fsp3) is 0.353. The van der Waals surface area contributed by atoms with Crippen LogP contribution < -0.4 is 5.32 Å². The van der Waals surface area contributed by atoms with E-state index in [9.17, 15) is 9.90 Å². The topological polar surface area (TPSA) is 65.0 Å². The molecule has 0 aliphatic carbocycles. The summed E-state index contributed by atoms with van der Waals surface area (Å²) in [6.07, 6.45) is 3.22. The zero-order valence-corrected chi connectivity index (χ0v) is 25.4. The first-order valence-electron chi connectivity index (χ1n) is 14.6. The van der Waals surface area contributed by atoms with Crippen molar-refractivity contribution in [3.63, 3.8) is 0 Å². The summed E-state index contributed by atoms with van der Waals surface area (Å²) in [5.41, 5.74) is 3.59. The van der Waals surface area contributed by atoms with Crippen molar-refractivity contribution in [2.24, 2.45) is 0 Å². The lowest BCUT2D eigenvalue weighted by atomic mass is 9.84. The number of amides is 1. The van der Waals surface area contributed by atoms with Crippen molar-refractivity contribution in [2.75, 3.05) is 32.8 Å². The number of hydrogen-bond donors (Lipinski definition) is 2. The number of hydrogen-bond acceptors (Lipinski definition) is 5. The third kappa shape index (κ3) is 6.83. The number of piperidine rings is 1. The quantitative estimate of drug-likeness (QED) is 0.182. The van der Waals surface area contributed by atoms with Crippen LogP contribution in [0, 0.1) is 0 Å². The molecule has 2 saturated heterocycles. The highest BCUT2D eigenvalue weighted by molar-refractivity contribution is 8.01. The van der Waals surface area contributed by atoms with Gasteiger partial charge >= 0.3 is 6.09 Å². The van der Waals surface area contributed by atoms with Crippen LogP contribution in [0.3, 0.4) is 0 Å². The maximum atomic E-state index is 13.3. The third-order valence-corrected chi connectivity index (χ3v) is 10.2. The second-order valence-electron chi connectivity index (χ2n) is 10.8. The predicted molar refractivity (Wildman–Crippen MR) is 175 cm³/mol. The summed E-state index contributed by atoms with van der Waals surface area (Å²) in [5.74, 6) is 0. The summed E-state index contributed by atoms with van der Waals surface area (Å²) in [6, 6.07) is 31.8. The molecule has 2 aliphatic rings. The molecule has 2 atom stereocenters. The van der Waals surface area contributed by atoms with Gasteiger partial charge in [0.25, 0.3) is 0 Å². The molecule has 5 rings (SSSR count). The van der Waals surface area contributed by atoms with E-state index in [0.29, 0.717) is 31.0 Å². The Morgan fingerprint density at radius 1 is 0.976 bits per heavy atom. The third-order valence-electron chi connectivity index (χ3n) is 8.06. The molecule has 6 nitrogen and oxygen atoms in total. The van der Waals surface area contributed by atoms with E-state index in [1.807, 2.05) is 16.7 Å². The van der Waals surface area contributed by atoms with E-state index in [1.54, 1.807) is 6.08 Å². The van der Waals surface area contributed by atoms with E-state index < -0.39 is 4.75 Å². The Hall–Kier alpha value is -3.33. The van der Waals surface area contributed by atoms with Gasteiger partial charge in [0.15, 0.2) is 5.11 Å². The van der Waals surface area contributed by atoms with Crippen LogP contribution in [0.1, 0.15) is 36.0 Å². The summed E-state index contributed by atoms with van der Waals surface area (Å²) in [6.45, 7) is 6.43. The smallest absolute Gasteiger partial charge is 0.410 e. The number of carbonyl (C=O) groups is 1. The summed E-state index contributed by atoms with van der Waals surface area (Å²) >= 11 is 7.61. The molecule has 8 heteroatoms. The van der Waals surface area contributed by atoms with Gasteiger partial charge in [-0.1, -0.05) is 104 Å². The monoisotopic (exact) mass is 601 g/mol. The van der Waals surface area contributed by atoms with Gasteiger partial charge < -0.3 is 25.0 Å². The Morgan fingerprint density at radius 2 is 1.50 bits per heavy atom. The van der Waals surface area contributed by atoms with E-state index in [0.717, 1.165) is 19.5 Å². The van der Waals surface area contributed by atoms with Crippen LogP contribution in [0.25, 0.3) is 0 Å². The molecule has 0 saturated carbocycles. The van der Waals surface area contributed by atoms with Crippen molar-refractivity contribution in [3.05, 3.63) is 120 Å². The van der Waals surface area contributed by atoms with Crippen LogP contribution in [-0.4, -0.2) is 76.3 Å². The van der Waals surface area contributed by atoms with Crippen molar-refractivity contribution < 1.29 is 14.6 Å². The fourth-order valence-corrected chi connectivity index (χ4v) is 8.08. The molecule has 2 fully saturated rings. The van der Waals surface area contributed by atoms with Gasteiger partial charge in [-0.3, -0.25) is 0 Å². The molecule has 0 aromatic heterocycles. The van der Waals surface area contributed by atoms with Crippen LogP contribution in [0.15, 0.2) is 104 Å². The molecule has 42 heavy (non-hydrogen) atoms. The largest absolute Gasteiger partial charge is 0.445 e. The number of thioether (sulfide) groups is 1. The number of benzene rings is 3. The first-order valence-corrected chi connectivity index (χ1v) is 15.9. The normalized spacial score (nSPS) is 19.4. The van der Waals surface area contributed by atoms with Crippen molar-refractivity contribution >= 4 is 35.2 Å². The number of aliphatic hydroxyl groups is 1. The number of likely N-dealkylation sites (tertiary alicyclic amines) is 2. The molecule has 0 spiro atoms. The molecular weight excluding hydrogens is 563 g/mol. The summed E-state index contributed by atoms with van der Waals surface area (Å²) in [7, 11) is 0. The van der Waals surface area contributed by atoms with Crippen LogP contribution in [0.4, 0.5) is 4.79 Å². The summed E-state index contributed by atoms with van der Waals surface area (Å²) in [5, 5.41) is 14.1. The van der Waals surface area contributed by atoms with E-state index in [4.69, 9.17) is 17.0 Å². The first-order chi connectivity index (χ1) is 20.5. The number of aliphatic hydroxyl groups excluding tert-OH is 1. The lowest BCUT2D eigenvalue weighted by Crippen LogP contribution is -2.49. The average Bonchev–Trinajstić information content (AvgIpc) is 3.45. The highest BCUT2D eigenvalue weighted by atomic mass is 32.2. The molecule has 1 amide bonds. The molecule has 3 aromatic carbocycles. The number of carbonyl (C=O) groups excluding carboxylic acids is 1. The van der Waals surface area contributed by atoms with Gasteiger partial charge in [-0.15, -0.1) is 11.8 Å². The van der Waals surface area contributed by atoms with Gasteiger partial charge in [0.2, 0.25) is 0 Å². The second kappa shape index (κ2) is 14.2. The van der Waals surface area contributed by atoms with Gasteiger partial charge in [0.1, 0.15) is 6.61 Å². The molecule has 0 radical (unpaired) electrons. The van der Waals surface area contributed by atoms with Crippen molar-refractivity contribution in [3.8, 4) is 0 Å². The Morgan fingerprint density at radius 3 is 2.00 bits per heavy atom. The fourth-order valence-electron chi connectivity index (χ4n) is 5.95. The lowest BCUT2D eigenvalue weighted by molar-refractivity contribution is 0.105. The van der Waals surface area contributed by atoms with Crippen LogP contribution in [0.5, 0.6) is 0 Å². The summed E-state index contributed by atoms with van der Waals surface area (Å²) in [4.78, 5) is 17.2. The van der Waals surface area contributed by atoms with Crippen LogP contribution >= 0.6 is 24.0 Å². The lowest BCUT2D eigenvalue weighted by Gasteiger charge is -2.37. The average molecular weight is 602 g/mol. The maximum absolute atomic E-state index is 13.3. The number of ether oxygens (including phenoxy) is 1. The van der Waals surface area contributed by atoms with Gasteiger partial charge in [-0.2, -0.15) is 0 Å². The highest BCUT2D eigenvalue weighted by Gasteiger charge is 2.44. The molecule has 2 N–H and O–H groups in total. The summed E-state index contributed by atoms with van der Waals surface area (Å²) < 4.78 is 5.06. The van der Waals surface area contributed by atoms with Gasteiger partial charge in [0.05, 0.1) is 16.9 Å². The van der Waals surface area contributed by atoms with E-state index in [1.165, 1.54) is 16.7 Å². The number of thiocarbonyl (C=S) groups is 1. The number of nitrogens with one attached hydrogen (secondary N) is 1. The van der Waals surface area contributed by atoms with Crippen molar-refractivity contribution in [2.45, 2.75) is 41.4 Å². The Kier molecular flexibility index (Phi) is 10.2. The minimum atomic E-state index is -0.475. The Labute approximate surface area is 258 Å². The number of rotatable bonds is 9. The second-order valence-corrected chi connectivity index (χ2v) is 12.7. The van der Waals surface area contributed by atoms with E-state index >= 15 is 0 Å². The molecule has 0 unspecified atom stereocenters. The molecule has 2 heterocycles. The minimum absolute atomic E-state index is 0.0897. The standard InChI is InChI=1S/C34H39N3O3S2/c1-2-22-40-33(39)37-25-31(23-29(37)24-35-32(41)36-20-18-30(38)19-21-36)42-34(26-12-6-3-7-13-26,27-14-8-4-9-15-27)28-16-10-5-11-17-28/h2-17,29-31,38H,1,18-25H2,(H,35,41)/t29-,31-/m0/s1. The van der Waals surface area contributed by atoms with Crippen molar-refractivity contribution in [1.82, 2.24) is 15.1 Å². The molecule has 220 valence electrons. The van der Waals surface area contributed by atoms with E-state index in [-0.39, 0.29) is 30.1 Å². The highest BCUT2D eigenvalue weighted by Crippen LogP contribution is 2.52.